The van der Waals surface area contributed by atoms with Crippen LogP contribution in [0.1, 0.15) is 22.8 Å². The average Bonchev–Trinajstić information content (AvgIpc) is 2.70. The molecule has 0 atom stereocenters. The molecule has 0 saturated carbocycles. The van der Waals surface area contributed by atoms with Crippen molar-refractivity contribution in [2.75, 3.05) is 27.4 Å². The number of carbonyl (C=O) groups is 2. The lowest BCUT2D eigenvalue weighted by Gasteiger charge is -2.09. The van der Waals surface area contributed by atoms with Crippen LogP contribution >= 0.6 is 0 Å². The molecular formula is C21H22O6. The predicted molar refractivity (Wildman–Crippen MR) is 101 cm³/mol. The molecule has 0 fully saturated rings. The maximum Gasteiger partial charge on any atom is 0.331 e. The van der Waals surface area contributed by atoms with E-state index in [9.17, 15) is 9.59 Å². The Balaban J connectivity index is 1.94. The number of methoxy groups -OCH3 is 2. The molecule has 0 bridgehead atoms. The maximum atomic E-state index is 12.1. The highest BCUT2D eigenvalue weighted by molar-refractivity contribution is 5.99. The molecule has 2 aromatic carbocycles. The summed E-state index contributed by atoms with van der Waals surface area (Å²) < 4.78 is 20.8. The van der Waals surface area contributed by atoms with E-state index in [4.69, 9.17) is 18.9 Å². The van der Waals surface area contributed by atoms with Crippen LogP contribution in [0.25, 0.3) is 6.08 Å². The second-order valence-electron chi connectivity index (χ2n) is 5.40. The van der Waals surface area contributed by atoms with Gasteiger partial charge in [-0.25, -0.2) is 4.79 Å². The molecule has 0 aliphatic rings. The van der Waals surface area contributed by atoms with Crippen LogP contribution in [0.3, 0.4) is 0 Å². The molecule has 0 N–H and O–H groups in total. The monoisotopic (exact) mass is 370 g/mol. The smallest absolute Gasteiger partial charge is 0.331 e. The normalized spacial score (nSPS) is 10.5. The Morgan fingerprint density at radius 2 is 1.74 bits per heavy atom. The third-order valence-electron chi connectivity index (χ3n) is 3.67. The molecule has 0 spiro atoms. The van der Waals surface area contributed by atoms with Crippen molar-refractivity contribution in [3.63, 3.8) is 0 Å². The van der Waals surface area contributed by atoms with Crippen molar-refractivity contribution in [2.24, 2.45) is 0 Å². The van der Waals surface area contributed by atoms with Crippen LogP contribution in [0.4, 0.5) is 0 Å². The Morgan fingerprint density at radius 1 is 1.00 bits per heavy atom. The number of esters is 1. The molecule has 2 rings (SSSR count). The zero-order valence-corrected chi connectivity index (χ0v) is 15.6. The Morgan fingerprint density at radius 3 is 2.37 bits per heavy atom. The molecule has 0 radical (unpaired) electrons. The Bertz CT molecular complexity index is 808. The molecule has 6 nitrogen and oxygen atoms in total. The number of para-hydroxylation sites is 1. The highest BCUT2D eigenvalue weighted by Gasteiger charge is 2.10. The van der Waals surface area contributed by atoms with E-state index >= 15 is 0 Å². The van der Waals surface area contributed by atoms with E-state index in [-0.39, 0.29) is 12.4 Å². The number of ether oxygens (including phenoxy) is 4. The second-order valence-corrected chi connectivity index (χ2v) is 5.40. The molecule has 0 saturated heterocycles. The minimum absolute atomic E-state index is 0.293. The third kappa shape index (κ3) is 5.60. The number of ketones is 1. The van der Waals surface area contributed by atoms with Gasteiger partial charge in [-0.2, -0.15) is 0 Å². The van der Waals surface area contributed by atoms with Gasteiger partial charge in [0.2, 0.25) is 0 Å². The van der Waals surface area contributed by atoms with Crippen LogP contribution in [0.2, 0.25) is 0 Å². The number of carbonyl (C=O) groups excluding carboxylic acids is 2. The summed E-state index contributed by atoms with van der Waals surface area (Å²) in [5.41, 5.74) is 1.11. The van der Waals surface area contributed by atoms with E-state index in [1.165, 1.54) is 20.3 Å². The van der Waals surface area contributed by atoms with Gasteiger partial charge < -0.3 is 18.9 Å². The second kappa shape index (κ2) is 10.0. The van der Waals surface area contributed by atoms with Crippen LogP contribution < -0.4 is 14.2 Å². The van der Waals surface area contributed by atoms with Gasteiger partial charge >= 0.3 is 5.97 Å². The minimum Gasteiger partial charge on any atom is -0.494 e. The van der Waals surface area contributed by atoms with Gasteiger partial charge in [-0.05, 0) is 43.3 Å². The van der Waals surface area contributed by atoms with Crippen molar-refractivity contribution in [2.45, 2.75) is 6.92 Å². The summed E-state index contributed by atoms with van der Waals surface area (Å²) in [6.07, 6.45) is 2.79. The van der Waals surface area contributed by atoms with E-state index in [2.05, 4.69) is 0 Å². The van der Waals surface area contributed by atoms with Crippen molar-refractivity contribution in [3.05, 3.63) is 59.7 Å². The Kier molecular flexibility index (Phi) is 7.43. The largest absolute Gasteiger partial charge is 0.494 e. The van der Waals surface area contributed by atoms with Gasteiger partial charge in [0.25, 0.3) is 0 Å². The van der Waals surface area contributed by atoms with E-state index in [1.54, 1.807) is 48.5 Å². The molecule has 2 aromatic rings. The number of rotatable bonds is 9. The van der Waals surface area contributed by atoms with Crippen LogP contribution in [-0.2, 0) is 9.53 Å². The van der Waals surface area contributed by atoms with Gasteiger partial charge in [0, 0.05) is 17.2 Å². The molecule has 27 heavy (non-hydrogen) atoms. The lowest BCUT2D eigenvalue weighted by Crippen LogP contribution is -2.12. The fraction of sp³-hybridized carbons (Fsp3) is 0.238. The summed E-state index contributed by atoms with van der Waals surface area (Å²) in [4.78, 5) is 24.0. The fourth-order valence-corrected chi connectivity index (χ4v) is 2.37. The quantitative estimate of drug-likeness (QED) is 0.382. The topological polar surface area (TPSA) is 71.1 Å². The van der Waals surface area contributed by atoms with Crippen LogP contribution in [0.5, 0.6) is 17.2 Å². The summed E-state index contributed by atoms with van der Waals surface area (Å²) in [7, 11) is 3.05. The molecule has 0 aliphatic carbocycles. The lowest BCUT2D eigenvalue weighted by atomic mass is 10.1. The SMILES string of the molecule is CCOc1ccc(C(=O)COC(=O)/C=C/c2cccc(OC)c2OC)cc1. The zero-order chi connectivity index (χ0) is 19.6. The van der Waals surface area contributed by atoms with E-state index in [0.29, 0.717) is 35.0 Å². The van der Waals surface area contributed by atoms with E-state index in [0.717, 1.165) is 0 Å². The number of Topliss-reactive ketones (excluding diaryl/α,β-unsaturated/α-hetero) is 1. The Hall–Kier alpha value is -3.28. The van der Waals surface area contributed by atoms with Gasteiger partial charge in [-0.15, -0.1) is 0 Å². The number of hydrogen-bond donors (Lipinski definition) is 0. The van der Waals surface area contributed by atoms with E-state index in [1.807, 2.05) is 6.92 Å². The van der Waals surface area contributed by atoms with Crippen LogP contribution in [0, 0.1) is 0 Å². The summed E-state index contributed by atoms with van der Waals surface area (Å²) >= 11 is 0. The van der Waals surface area contributed by atoms with Crippen molar-refractivity contribution >= 4 is 17.8 Å². The molecule has 0 amide bonds. The van der Waals surface area contributed by atoms with Gasteiger partial charge in [0.1, 0.15) is 5.75 Å². The summed E-state index contributed by atoms with van der Waals surface area (Å²) in [5.74, 6) is 0.826. The first-order valence-corrected chi connectivity index (χ1v) is 8.41. The van der Waals surface area contributed by atoms with Crippen LogP contribution in [-0.4, -0.2) is 39.2 Å². The molecule has 0 unspecified atom stereocenters. The van der Waals surface area contributed by atoms with E-state index < -0.39 is 5.97 Å². The Labute approximate surface area is 158 Å². The summed E-state index contributed by atoms with van der Waals surface area (Å²) in [6.45, 7) is 2.09. The van der Waals surface area contributed by atoms with Crippen molar-refractivity contribution in [1.82, 2.24) is 0 Å². The van der Waals surface area contributed by atoms with Gasteiger partial charge in [0.15, 0.2) is 23.9 Å². The van der Waals surface area contributed by atoms with Crippen molar-refractivity contribution < 1.29 is 28.5 Å². The molecular weight excluding hydrogens is 348 g/mol. The average molecular weight is 370 g/mol. The maximum absolute atomic E-state index is 12.1. The first-order chi connectivity index (χ1) is 13.1. The van der Waals surface area contributed by atoms with Gasteiger partial charge in [-0.1, -0.05) is 12.1 Å². The molecule has 6 heteroatoms. The standard InChI is InChI=1S/C21H22O6/c1-4-26-17-11-8-15(9-12-17)18(22)14-27-20(23)13-10-16-6-5-7-19(24-2)21(16)25-3/h5-13H,4,14H2,1-3H3/b13-10+. The molecule has 0 aliphatic heterocycles. The minimum atomic E-state index is -0.626. The lowest BCUT2D eigenvalue weighted by molar-refractivity contribution is -0.136. The highest BCUT2D eigenvalue weighted by Crippen LogP contribution is 2.31. The first kappa shape index (κ1) is 20.0. The third-order valence-corrected chi connectivity index (χ3v) is 3.67. The molecule has 0 aromatic heterocycles. The van der Waals surface area contributed by atoms with Crippen molar-refractivity contribution in [1.29, 1.82) is 0 Å². The molecule has 142 valence electrons. The number of hydrogen-bond acceptors (Lipinski definition) is 6. The first-order valence-electron chi connectivity index (χ1n) is 8.41. The summed E-state index contributed by atoms with van der Waals surface area (Å²) in [6, 6.07) is 12.0. The predicted octanol–water partition coefficient (Wildman–Crippen LogP) is 3.54. The molecule has 0 heterocycles. The van der Waals surface area contributed by atoms with Gasteiger partial charge in [0.05, 0.1) is 20.8 Å². The fourth-order valence-electron chi connectivity index (χ4n) is 2.37. The highest BCUT2D eigenvalue weighted by atomic mass is 16.5. The zero-order valence-electron chi connectivity index (χ0n) is 15.6. The number of benzene rings is 2. The summed E-state index contributed by atoms with van der Waals surface area (Å²) in [5, 5.41) is 0. The van der Waals surface area contributed by atoms with Gasteiger partial charge in [-0.3, -0.25) is 4.79 Å². The van der Waals surface area contributed by atoms with Crippen molar-refractivity contribution in [3.8, 4) is 17.2 Å². The van der Waals surface area contributed by atoms with Crippen LogP contribution in [0.15, 0.2) is 48.5 Å².